The fraction of sp³-hybridized carbons (Fsp3) is 0.318. The molecule has 0 bridgehead atoms. The van der Waals surface area contributed by atoms with Crippen molar-refractivity contribution in [2.75, 3.05) is 19.8 Å². The van der Waals surface area contributed by atoms with Crippen LogP contribution in [0.5, 0.6) is 11.5 Å². The van der Waals surface area contributed by atoms with Gasteiger partial charge in [0.1, 0.15) is 18.1 Å². The molecule has 1 amide bonds. The summed E-state index contributed by atoms with van der Waals surface area (Å²) < 4.78 is 11.3. The molecule has 0 aromatic heterocycles. The van der Waals surface area contributed by atoms with Crippen LogP contribution < -0.4 is 14.8 Å². The summed E-state index contributed by atoms with van der Waals surface area (Å²) in [5.74, 6) is 1.39. The number of ether oxygens (including phenoxy) is 2. The van der Waals surface area contributed by atoms with Gasteiger partial charge in [0, 0.05) is 24.6 Å². The van der Waals surface area contributed by atoms with Crippen molar-refractivity contribution in [3.63, 3.8) is 0 Å². The summed E-state index contributed by atoms with van der Waals surface area (Å²) in [6, 6.07) is 15.2. The van der Waals surface area contributed by atoms with Crippen molar-refractivity contribution in [2.24, 2.45) is 0 Å². The Morgan fingerprint density at radius 1 is 1.26 bits per heavy atom. The molecule has 2 aromatic carbocycles. The molecule has 1 aliphatic heterocycles. The van der Waals surface area contributed by atoms with Gasteiger partial charge in [-0.3, -0.25) is 4.79 Å². The van der Waals surface area contributed by atoms with E-state index < -0.39 is 5.60 Å². The lowest BCUT2D eigenvalue weighted by molar-refractivity contribution is -0.121. The number of amides is 1. The Labute approximate surface area is 159 Å². The van der Waals surface area contributed by atoms with Crippen LogP contribution in [0.1, 0.15) is 24.5 Å². The van der Waals surface area contributed by atoms with Crippen molar-refractivity contribution in [3.05, 3.63) is 65.7 Å². The first-order chi connectivity index (χ1) is 13.0. The van der Waals surface area contributed by atoms with E-state index in [4.69, 9.17) is 9.47 Å². The number of nitrogens with one attached hydrogen (secondary N) is 1. The predicted molar refractivity (Wildman–Crippen MR) is 105 cm³/mol. The van der Waals surface area contributed by atoms with Gasteiger partial charge >= 0.3 is 0 Å². The van der Waals surface area contributed by atoms with E-state index in [1.54, 1.807) is 6.92 Å². The third-order valence-electron chi connectivity index (χ3n) is 4.40. The lowest BCUT2D eigenvalue weighted by Gasteiger charge is -2.24. The number of aliphatic hydroxyl groups is 1. The molecule has 1 atom stereocenters. The highest BCUT2D eigenvalue weighted by Crippen LogP contribution is 2.28. The Kier molecular flexibility index (Phi) is 6.14. The molecule has 27 heavy (non-hydrogen) atoms. The first kappa shape index (κ1) is 19.0. The van der Waals surface area contributed by atoms with E-state index >= 15 is 0 Å². The van der Waals surface area contributed by atoms with Gasteiger partial charge in [-0.15, -0.1) is 0 Å². The highest BCUT2D eigenvalue weighted by atomic mass is 16.5. The Hall–Kier alpha value is -2.79. The molecule has 0 aliphatic carbocycles. The van der Waals surface area contributed by atoms with Crippen LogP contribution in [0.3, 0.4) is 0 Å². The zero-order chi connectivity index (χ0) is 19.1. The molecule has 0 radical (unpaired) electrons. The maximum Gasteiger partial charge on any atom is 0.224 e. The minimum absolute atomic E-state index is 0.109. The summed E-state index contributed by atoms with van der Waals surface area (Å²) in [6.45, 7) is 2.78. The quantitative estimate of drug-likeness (QED) is 0.753. The standard InChI is InChI=1S/C22H25NO4/c1-22(25,16-23-21(24)14-17-6-3-2-4-7-17)11-13-26-19-10-9-18-8-5-12-27-20(18)15-19/h2-10,15,25H,11-14,16H2,1H3,(H,23,24). The number of carbonyl (C=O) groups excluding carboxylic acids is 1. The van der Waals surface area contributed by atoms with Crippen LogP contribution in [0.25, 0.3) is 6.08 Å². The molecule has 0 saturated carbocycles. The van der Waals surface area contributed by atoms with E-state index in [1.165, 1.54) is 0 Å². The summed E-state index contributed by atoms with van der Waals surface area (Å²) in [5, 5.41) is 13.3. The molecule has 142 valence electrons. The Balaban J connectivity index is 1.42. The van der Waals surface area contributed by atoms with Crippen LogP contribution in [0.15, 0.2) is 54.6 Å². The molecule has 1 heterocycles. The number of hydrogen-bond acceptors (Lipinski definition) is 4. The van der Waals surface area contributed by atoms with E-state index in [1.807, 2.05) is 60.7 Å². The fourth-order valence-corrected chi connectivity index (χ4v) is 2.79. The van der Waals surface area contributed by atoms with E-state index in [0.29, 0.717) is 31.8 Å². The summed E-state index contributed by atoms with van der Waals surface area (Å²) in [4.78, 5) is 12.0. The van der Waals surface area contributed by atoms with Gasteiger partial charge in [0.2, 0.25) is 5.91 Å². The molecule has 2 aromatic rings. The van der Waals surface area contributed by atoms with Gasteiger partial charge in [0.15, 0.2) is 0 Å². The molecule has 3 rings (SSSR count). The average molecular weight is 367 g/mol. The molecular weight excluding hydrogens is 342 g/mol. The van der Waals surface area contributed by atoms with Crippen molar-refractivity contribution in [1.82, 2.24) is 5.32 Å². The van der Waals surface area contributed by atoms with Crippen molar-refractivity contribution in [3.8, 4) is 11.5 Å². The minimum atomic E-state index is -1.04. The van der Waals surface area contributed by atoms with Crippen molar-refractivity contribution in [1.29, 1.82) is 0 Å². The molecule has 0 saturated heterocycles. The third-order valence-corrected chi connectivity index (χ3v) is 4.40. The molecule has 2 N–H and O–H groups in total. The zero-order valence-electron chi connectivity index (χ0n) is 15.5. The lowest BCUT2D eigenvalue weighted by atomic mass is 10.0. The normalized spacial score (nSPS) is 14.6. The van der Waals surface area contributed by atoms with Gasteiger partial charge in [-0.05, 0) is 30.7 Å². The van der Waals surface area contributed by atoms with Crippen LogP contribution in [0.2, 0.25) is 0 Å². The molecular formula is C22H25NO4. The summed E-state index contributed by atoms with van der Waals surface area (Å²) in [7, 11) is 0. The van der Waals surface area contributed by atoms with Crippen LogP contribution in [-0.4, -0.2) is 36.4 Å². The van der Waals surface area contributed by atoms with Crippen molar-refractivity contribution >= 4 is 12.0 Å². The van der Waals surface area contributed by atoms with Crippen LogP contribution in [0.4, 0.5) is 0 Å². The molecule has 1 aliphatic rings. The molecule has 5 nitrogen and oxygen atoms in total. The third kappa shape index (κ3) is 5.86. The monoisotopic (exact) mass is 367 g/mol. The SMILES string of the molecule is CC(O)(CCOc1ccc2c(c1)OCC=C2)CNC(=O)Cc1ccccc1. The second kappa shape index (κ2) is 8.73. The highest BCUT2D eigenvalue weighted by Gasteiger charge is 2.21. The van der Waals surface area contributed by atoms with Gasteiger partial charge in [-0.1, -0.05) is 36.4 Å². The maximum atomic E-state index is 12.0. The zero-order valence-corrected chi connectivity index (χ0v) is 15.5. The fourth-order valence-electron chi connectivity index (χ4n) is 2.79. The highest BCUT2D eigenvalue weighted by molar-refractivity contribution is 5.78. The number of benzene rings is 2. The van der Waals surface area contributed by atoms with Gasteiger partial charge < -0.3 is 19.9 Å². The van der Waals surface area contributed by atoms with E-state index in [-0.39, 0.29) is 12.5 Å². The second-order valence-corrected chi connectivity index (χ2v) is 6.95. The van der Waals surface area contributed by atoms with Gasteiger partial charge in [-0.25, -0.2) is 0 Å². The Morgan fingerprint density at radius 2 is 2.07 bits per heavy atom. The van der Waals surface area contributed by atoms with E-state index in [0.717, 1.165) is 16.9 Å². The maximum absolute atomic E-state index is 12.0. The molecule has 5 heteroatoms. The predicted octanol–water partition coefficient (Wildman–Crippen LogP) is 2.97. The number of hydrogen-bond donors (Lipinski definition) is 2. The molecule has 0 spiro atoms. The van der Waals surface area contributed by atoms with Crippen LogP contribution in [-0.2, 0) is 11.2 Å². The largest absolute Gasteiger partial charge is 0.493 e. The second-order valence-electron chi connectivity index (χ2n) is 6.95. The summed E-state index contributed by atoms with van der Waals surface area (Å²) in [5.41, 5.74) is 0.934. The van der Waals surface area contributed by atoms with E-state index in [2.05, 4.69) is 5.32 Å². The van der Waals surface area contributed by atoms with E-state index in [9.17, 15) is 9.90 Å². The molecule has 0 fully saturated rings. The minimum Gasteiger partial charge on any atom is -0.493 e. The van der Waals surface area contributed by atoms with Crippen molar-refractivity contribution in [2.45, 2.75) is 25.4 Å². The lowest BCUT2D eigenvalue weighted by Crippen LogP contribution is -2.42. The topological polar surface area (TPSA) is 67.8 Å². The van der Waals surface area contributed by atoms with Crippen LogP contribution in [0, 0.1) is 0 Å². The number of fused-ring (bicyclic) bond motifs is 1. The van der Waals surface area contributed by atoms with Crippen molar-refractivity contribution < 1.29 is 19.4 Å². The summed E-state index contributed by atoms with van der Waals surface area (Å²) >= 11 is 0. The smallest absolute Gasteiger partial charge is 0.224 e. The Bertz CT molecular complexity index is 799. The Morgan fingerprint density at radius 3 is 2.89 bits per heavy atom. The molecule has 1 unspecified atom stereocenters. The summed E-state index contributed by atoms with van der Waals surface area (Å²) in [6.07, 6.45) is 4.69. The average Bonchev–Trinajstić information content (AvgIpc) is 2.67. The number of rotatable bonds is 8. The van der Waals surface area contributed by atoms with Gasteiger partial charge in [0.25, 0.3) is 0 Å². The van der Waals surface area contributed by atoms with Gasteiger partial charge in [-0.2, -0.15) is 0 Å². The first-order valence-corrected chi connectivity index (χ1v) is 9.11. The van der Waals surface area contributed by atoms with Crippen LogP contribution >= 0.6 is 0 Å². The first-order valence-electron chi connectivity index (χ1n) is 9.11. The number of carbonyl (C=O) groups is 1. The van der Waals surface area contributed by atoms with Gasteiger partial charge in [0.05, 0.1) is 18.6 Å².